The first-order valence-electron chi connectivity index (χ1n) is 11.0. The molecule has 28 heavy (non-hydrogen) atoms. The molecule has 0 amide bonds. The van der Waals surface area contributed by atoms with Gasteiger partial charge in [0.2, 0.25) is 0 Å². The first kappa shape index (κ1) is 20.9. The first-order chi connectivity index (χ1) is 13.7. The second kappa shape index (κ2) is 10.6. The lowest BCUT2D eigenvalue weighted by Gasteiger charge is -2.41. The van der Waals surface area contributed by atoms with Gasteiger partial charge in [0.25, 0.3) is 0 Å². The molecule has 4 nitrogen and oxygen atoms in total. The van der Waals surface area contributed by atoms with E-state index in [2.05, 4.69) is 13.0 Å². The summed E-state index contributed by atoms with van der Waals surface area (Å²) in [6.07, 6.45) is 11.9. The molecule has 0 aromatic heterocycles. The van der Waals surface area contributed by atoms with Crippen LogP contribution in [-0.4, -0.2) is 18.7 Å². The summed E-state index contributed by atoms with van der Waals surface area (Å²) in [7, 11) is 0. The molecule has 152 valence electrons. The highest BCUT2D eigenvalue weighted by molar-refractivity contribution is 5.75. The number of rotatable bonds is 8. The number of carbonyl (C=O) groups is 1. The Morgan fingerprint density at radius 1 is 1.04 bits per heavy atom. The van der Waals surface area contributed by atoms with Gasteiger partial charge in [-0.05, 0) is 81.0 Å². The van der Waals surface area contributed by atoms with Gasteiger partial charge in [-0.1, -0.05) is 26.2 Å². The molecule has 0 aliphatic heterocycles. The minimum Gasteiger partial charge on any atom is -0.426 e. The van der Waals surface area contributed by atoms with Crippen LogP contribution in [0.15, 0.2) is 24.3 Å². The fourth-order valence-corrected chi connectivity index (χ4v) is 4.79. The molecule has 0 spiro atoms. The van der Waals surface area contributed by atoms with Gasteiger partial charge in [-0.15, -0.1) is 0 Å². The molecule has 2 aliphatic carbocycles. The van der Waals surface area contributed by atoms with E-state index in [9.17, 15) is 4.79 Å². The lowest BCUT2D eigenvalue weighted by atomic mass is 9.67. The molecule has 0 N–H and O–H groups in total. The van der Waals surface area contributed by atoms with Crippen molar-refractivity contribution in [3.63, 3.8) is 0 Å². The summed E-state index contributed by atoms with van der Waals surface area (Å²) in [6, 6.07) is 8.84. The predicted molar refractivity (Wildman–Crippen MR) is 109 cm³/mol. The number of hydrogen-bond donors (Lipinski definition) is 0. The fraction of sp³-hybridized carbons (Fsp3) is 0.667. The van der Waals surface area contributed by atoms with E-state index in [-0.39, 0.29) is 11.9 Å². The van der Waals surface area contributed by atoms with Crippen LogP contribution in [0.4, 0.5) is 0 Å². The molecule has 2 unspecified atom stereocenters. The van der Waals surface area contributed by atoms with Crippen LogP contribution in [0, 0.1) is 29.1 Å². The van der Waals surface area contributed by atoms with Crippen LogP contribution < -0.4 is 4.74 Å². The van der Waals surface area contributed by atoms with Crippen molar-refractivity contribution in [2.45, 2.75) is 77.2 Å². The van der Waals surface area contributed by atoms with Crippen LogP contribution in [0.25, 0.3) is 0 Å². The Bertz CT molecular complexity index is 663. The van der Waals surface area contributed by atoms with Gasteiger partial charge >= 0.3 is 5.97 Å². The summed E-state index contributed by atoms with van der Waals surface area (Å²) < 4.78 is 11.7. The van der Waals surface area contributed by atoms with Crippen molar-refractivity contribution in [2.24, 2.45) is 17.8 Å². The summed E-state index contributed by atoms with van der Waals surface area (Å²) in [4.78, 5) is 12.6. The Balaban J connectivity index is 1.41. The van der Waals surface area contributed by atoms with E-state index in [1.165, 1.54) is 32.1 Å². The molecule has 2 aliphatic rings. The number of nitriles is 1. The Hall–Kier alpha value is -1.86. The average Bonchev–Trinajstić information content (AvgIpc) is 2.73. The maximum Gasteiger partial charge on any atom is 0.314 e. The predicted octanol–water partition coefficient (Wildman–Crippen LogP) is 5.65. The van der Waals surface area contributed by atoms with Crippen molar-refractivity contribution < 1.29 is 14.3 Å². The third-order valence-corrected chi connectivity index (χ3v) is 6.45. The largest absolute Gasteiger partial charge is 0.426 e. The topological polar surface area (TPSA) is 59.3 Å². The van der Waals surface area contributed by atoms with Gasteiger partial charge in [0.1, 0.15) is 5.75 Å². The van der Waals surface area contributed by atoms with E-state index in [4.69, 9.17) is 14.7 Å². The minimum absolute atomic E-state index is 0.00315. The second-order valence-electron chi connectivity index (χ2n) is 8.45. The second-order valence-corrected chi connectivity index (χ2v) is 8.45. The fourth-order valence-electron chi connectivity index (χ4n) is 4.79. The Kier molecular flexibility index (Phi) is 7.91. The molecule has 4 atom stereocenters. The highest BCUT2D eigenvalue weighted by Gasteiger charge is 2.38. The lowest BCUT2D eigenvalue weighted by Crippen LogP contribution is -2.37. The number of carbonyl (C=O) groups excluding carboxylic acids is 1. The Morgan fingerprint density at radius 2 is 1.79 bits per heavy atom. The molecule has 1 aromatic carbocycles. The molecule has 0 radical (unpaired) electrons. The first-order valence-corrected chi connectivity index (χ1v) is 11.0. The Morgan fingerprint density at radius 3 is 2.54 bits per heavy atom. The van der Waals surface area contributed by atoms with Crippen LogP contribution in [-0.2, 0) is 9.53 Å². The molecule has 0 saturated heterocycles. The molecule has 0 bridgehead atoms. The van der Waals surface area contributed by atoms with Crippen molar-refractivity contribution in [1.82, 2.24) is 0 Å². The maximum atomic E-state index is 12.6. The number of esters is 1. The summed E-state index contributed by atoms with van der Waals surface area (Å²) >= 11 is 0. The molecule has 2 fully saturated rings. The van der Waals surface area contributed by atoms with E-state index in [0.717, 1.165) is 38.7 Å². The normalized spacial score (nSPS) is 26.9. The van der Waals surface area contributed by atoms with E-state index in [1.807, 2.05) is 0 Å². The van der Waals surface area contributed by atoms with Crippen molar-refractivity contribution in [3.05, 3.63) is 29.8 Å². The van der Waals surface area contributed by atoms with Crippen LogP contribution >= 0.6 is 0 Å². The van der Waals surface area contributed by atoms with E-state index in [0.29, 0.717) is 29.3 Å². The molecule has 3 rings (SSSR count). The number of ether oxygens (including phenoxy) is 2. The zero-order chi connectivity index (χ0) is 19.8. The zero-order valence-corrected chi connectivity index (χ0v) is 17.1. The van der Waals surface area contributed by atoms with Crippen molar-refractivity contribution in [2.75, 3.05) is 6.61 Å². The summed E-state index contributed by atoms with van der Waals surface area (Å²) in [6.45, 7) is 3.14. The van der Waals surface area contributed by atoms with Crippen LogP contribution in [0.1, 0.15) is 76.7 Å². The standard InChI is InChI=1S/C24H33NO3/c1-2-3-4-5-14-27-23-13-10-19-15-21(9-8-20(19)16-23)24(26)28-22-11-6-18(17-25)7-12-22/h6-7,11-12,19-21,23H,2-5,8-10,13-16H2,1H3/t19?,20-,21-,23?/m1/s1. The number of hydrogen-bond acceptors (Lipinski definition) is 4. The van der Waals surface area contributed by atoms with Gasteiger partial charge in [0.05, 0.1) is 23.7 Å². The van der Waals surface area contributed by atoms with Gasteiger partial charge in [-0.3, -0.25) is 4.79 Å². The van der Waals surface area contributed by atoms with Gasteiger partial charge in [0.15, 0.2) is 0 Å². The number of fused-ring (bicyclic) bond motifs is 1. The quantitative estimate of drug-likeness (QED) is 0.331. The van der Waals surface area contributed by atoms with Crippen molar-refractivity contribution in [3.8, 4) is 11.8 Å². The van der Waals surface area contributed by atoms with Crippen LogP contribution in [0.5, 0.6) is 5.75 Å². The minimum atomic E-state index is -0.113. The highest BCUT2D eigenvalue weighted by atomic mass is 16.5. The summed E-state index contributed by atoms with van der Waals surface area (Å²) in [5.41, 5.74) is 0.574. The summed E-state index contributed by atoms with van der Waals surface area (Å²) in [5, 5.41) is 8.86. The van der Waals surface area contributed by atoms with E-state index >= 15 is 0 Å². The third-order valence-electron chi connectivity index (χ3n) is 6.45. The number of unbranched alkanes of at least 4 members (excludes halogenated alkanes) is 3. The van der Waals surface area contributed by atoms with Crippen molar-refractivity contribution >= 4 is 5.97 Å². The van der Waals surface area contributed by atoms with Crippen molar-refractivity contribution in [1.29, 1.82) is 5.26 Å². The maximum absolute atomic E-state index is 12.6. The Labute approximate surface area is 169 Å². The van der Waals surface area contributed by atoms with Gasteiger partial charge < -0.3 is 9.47 Å². The van der Waals surface area contributed by atoms with E-state index < -0.39 is 0 Å². The molecular formula is C24H33NO3. The molecule has 4 heteroatoms. The van der Waals surface area contributed by atoms with Gasteiger partial charge in [0, 0.05) is 6.61 Å². The smallest absolute Gasteiger partial charge is 0.314 e. The number of nitrogens with zero attached hydrogens (tertiary/aromatic N) is 1. The molecular weight excluding hydrogens is 350 g/mol. The molecule has 1 aromatic rings. The SMILES string of the molecule is CCCCCCOC1CCC2C[C@H](C(=O)Oc3ccc(C#N)cc3)CC[C@@H]2C1. The lowest BCUT2D eigenvalue weighted by molar-refractivity contribution is -0.141. The summed E-state index contributed by atoms with van der Waals surface area (Å²) in [5.74, 6) is 1.76. The van der Waals surface area contributed by atoms with E-state index in [1.54, 1.807) is 24.3 Å². The third kappa shape index (κ3) is 5.82. The van der Waals surface area contributed by atoms with Gasteiger partial charge in [-0.2, -0.15) is 5.26 Å². The molecule has 0 heterocycles. The zero-order valence-electron chi connectivity index (χ0n) is 17.1. The number of benzene rings is 1. The monoisotopic (exact) mass is 383 g/mol. The molecule has 2 saturated carbocycles. The average molecular weight is 384 g/mol. The highest BCUT2D eigenvalue weighted by Crippen LogP contribution is 2.43. The van der Waals surface area contributed by atoms with Gasteiger partial charge in [-0.25, -0.2) is 0 Å². The van der Waals surface area contributed by atoms with Crippen LogP contribution in [0.2, 0.25) is 0 Å². The van der Waals surface area contributed by atoms with Crippen LogP contribution in [0.3, 0.4) is 0 Å².